The molecule has 0 heterocycles. The van der Waals surface area contributed by atoms with Crippen molar-refractivity contribution in [3.05, 3.63) is 0 Å². The van der Waals surface area contributed by atoms with Crippen molar-refractivity contribution in [2.45, 2.75) is 26.7 Å². The first-order valence-electron chi connectivity index (χ1n) is 4.26. The third-order valence-electron chi connectivity index (χ3n) is 2.18. The van der Waals surface area contributed by atoms with Crippen molar-refractivity contribution >= 4 is 11.9 Å². The molecular weight excluding hydrogens is 172 g/mol. The molecule has 0 unspecified atom stereocenters. The summed E-state index contributed by atoms with van der Waals surface area (Å²) in [5.41, 5.74) is 0. The van der Waals surface area contributed by atoms with Crippen LogP contribution in [0.25, 0.3) is 0 Å². The fourth-order valence-corrected chi connectivity index (χ4v) is 1.02. The van der Waals surface area contributed by atoms with Crippen LogP contribution in [0.4, 0.5) is 0 Å². The van der Waals surface area contributed by atoms with Crippen molar-refractivity contribution < 1.29 is 19.4 Å². The highest BCUT2D eigenvalue weighted by molar-refractivity contribution is 5.70. The number of ether oxygens (including phenoxy) is 1. The highest BCUT2D eigenvalue weighted by Gasteiger charge is 2.18. The smallest absolute Gasteiger partial charge is 0.305 e. The summed E-state index contributed by atoms with van der Waals surface area (Å²) >= 11 is 0. The van der Waals surface area contributed by atoms with Crippen molar-refractivity contribution in [1.29, 1.82) is 0 Å². The lowest BCUT2D eigenvalue weighted by Gasteiger charge is -2.16. The lowest BCUT2D eigenvalue weighted by atomic mass is 9.90. The van der Waals surface area contributed by atoms with Crippen LogP contribution in [0.5, 0.6) is 0 Å². The number of rotatable bonds is 5. The zero-order chi connectivity index (χ0) is 10.4. The van der Waals surface area contributed by atoms with E-state index in [-0.39, 0.29) is 30.6 Å². The number of carboxylic acid groups (broad SMARTS) is 1. The number of carbonyl (C=O) groups is 2. The maximum atomic E-state index is 10.8. The molecule has 0 bridgehead atoms. The van der Waals surface area contributed by atoms with Crippen LogP contribution in [0.1, 0.15) is 26.7 Å². The lowest BCUT2D eigenvalue weighted by molar-refractivity contribution is -0.143. The van der Waals surface area contributed by atoms with Gasteiger partial charge in [-0.05, 0) is 11.8 Å². The van der Waals surface area contributed by atoms with Crippen molar-refractivity contribution in [1.82, 2.24) is 0 Å². The van der Waals surface area contributed by atoms with Gasteiger partial charge >= 0.3 is 11.9 Å². The zero-order valence-electron chi connectivity index (χ0n) is 8.24. The Morgan fingerprint density at radius 3 is 2.08 bits per heavy atom. The minimum Gasteiger partial charge on any atom is -0.481 e. The topological polar surface area (TPSA) is 63.6 Å². The van der Waals surface area contributed by atoms with Crippen LogP contribution in [0.3, 0.4) is 0 Å². The second-order valence-corrected chi connectivity index (χ2v) is 3.33. The summed E-state index contributed by atoms with van der Waals surface area (Å²) in [6.45, 7) is 3.67. The first kappa shape index (κ1) is 11.9. The van der Waals surface area contributed by atoms with Gasteiger partial charge in [-0.25, -0.2) is 0 Å². The summed E-state index contributed by atoms with van der Waals surface area (Å²) in [6, 6.07) is 0. The number of esters is 1. The summed E-state index contributed by atoms with van der Waals surface area (Å²) < 4.78 is 4.49. The van der Waals surface area contributed by atoms with E-state index in [2.05, 4.69) is 4.74 Å². The molecule has 1 N–H and O–H groups in total. The van der Waals surface area contributed by atoms with Gasteiger partial charge in [0.2, 0.25) is 0 Å². The summed E-state index contributed by atoms with van der Waals surface area (Å²) in [5.74, 6) is -1.07. The normalized spacial score (nSPS) is 14.7. The fourth-order valence-electron chi connectivity index (χ4n) is 1.02. The summed E-state index contributed by atoms with van der Waals surface area (Å²) in [5, 5.41) is 8.51. The third kappa shape index (κ3) is 5.22. The molecule has 0 rings (SSSR count). The molecule has 0 amide bonds. The summed E-state index contributed by atoms with van der Waals surface area (Å²) in [7, 11) is 1.33. The number of methoxy groups -OCH3 is 1. The Hall–Kier alpha value is -1.06. The van der Waals surface area contributed by atoms with Crippen LogP contribution < -0.4 is 0 Å². The van der Waals surface area contributed by atoms with Gasteiger partial charge in [0.15, 0.2) is 0 Å². The molecule has 4 nitrogen and oxygen atoms in total. The van der Waals surface area contributed by atoms with Gasteiger partial charge in [-0.15, -0.1) is 0 Å². The average molecular weight is 188 g/mol. The average Bonchev–Trinajstić information content (AvgIpc) is 2.02. The van der Waals surface area contributed by atoms with E-state index in [1.54, 1.807) is 0 Å². The van der Waals surface area contributed by atoms with Gasteiger partial charge in [-0.3, -0.25) is 9.59 Å². The molecule has 0 spiro atoms. The lowest BCUT2D eigenvalue weighted by Crippen LogP contribution is -2.17. The Bertz CT molecular complexity index is 188. The van der Waals surface area contributed by atoms with Crippen LogP contribution in [-0.2, 0) is 14.3 Å². The maximum absolute atomic E-state index is 10.8. The fraction of sp³-hybridized carbons (Fsp3) is 0.778. The molecule has 0 aliphatic carbocycles. The van der Waals surface area contributed by atoms with Crippen LogP contribution in [0.2, 0.25) is 0 Å². The van der Waals surface area contributed by atoms with Crippen molar-refractivity contribution in [2.75, 3.05) is 7.11 Å². The monoisotopic (exact) mass is 188 g/mol. The van der Waals surface area contributed by atoms with E-state index in [0.29, 0.717) is 0 Å². The Labute approximate surface area is 77.9 Å². The Morgan fingerprint density at radius 1 is 1.23 bits per heavy atom. The highest BCUT2D eigenvalue weighted by Crippen LogP contribution is 2.18. The van der Waals surface area contributed by atoms with Gasteiger partial charge < -0.3 is 9.84 Å². The molecule has 0 aromatic heterocycles. The summed E-state index contributed by atoms with van der Waals surface area (Å²) in [4.78, 5) is 21.2. The number of hydrogen-bond acceptors (Lipinski definition) is 3. The number of carbonyl (C=O) groups excluding carboxylic acids is 1. The second-order valence-electron chi connectivity index (χ2n) is 3.33. The van der Waals surface area contributed by atoms with E-state index in [1.807, 2.05) is 13.8 Å². The minimum atomic E-state index is -0.829. The van der Waals surface area contributed by atoms with Gasteiger partial charge in [0.25, 0.3) is 0 Å². The van der Waals surface area contributed by atoms with E-state index in [1.165, 1.54) is 7.11 Å². The Balaban J connectivity index is 3.88. The van der Waals surface area contributed by atoms with E-state index >= 15 is 0 Å². The van der Waals surface area contributed by atoms with Gasteiger partial charge in [0.05, 0.1) is 7.11 Å². The molecule has 0 fully saturated rings. The zero-order valence-corrected chi connectivity index (χ0v) is 8.24. The van der Waals surface area contributed by atoms with E-state index in [4.69, 9.17) is 5.11 Å². The largest absolute Gasteiger partial charge is 0.481 e. The molecule has 0 aliphatic rings. The molecule has 2 atom stereocenters. The van der Waals surface area contributed by atoms with Crippen LogP contribution in [0.15, 0.2) is 0 Å². The highest BCUT2D eigenvalue weighted by atomic mass is 16.5. The number of hydrogen-bond donors (Lipinski definition) is 1. The SMILES string of the molecule is COC(=O)C[C@H](C)[C@H](C)CC(=O)O. The van der Waals surface area contributed by atoms with E-state index in [0.717, 1.165) is 0 Å². The first-order valence-corrected chi connectivity index (χ1v) is 4.26. The van der Waals surface area contributed by atoms with Crippen molar-refractivity contribution in [2.24, 2.45) is 11.8 Å². The molecule has 4 heteroatoms. The molecule has 0 saturated carbocycles. The molecule has 0 radical (unpaired) electrons. The van der Waals surface area contributed by atoms with Gasteiger partial charge in [0, 0.05) is 12.8 Å². The van der Waals surface area contributed by atoms with Gasteiger partial charge in [-0.1, -0.05) is 13.8 Å². The van der Waals surface area contributed by atoms with Crippen molar-refractivity contribution in [3.63, 3.8) is 0 Å². The van der Waals surface area contributed by atoms with Crippen LogP contribution in [-0.4, -0.2) is 24.2 Å². The molecule has 76 valence electrons. The molecule has 0 aromatic rings. The summed E-state index contributed by atoms with van der Waals surface area (Å²) in [6.07, 6.45) is 0.378. The van der Waals surface area contributed by atoms with Gasteiger partial charge in [0.1, 0.15) is 0 Å². The standard InChI is InChI=1S/C9H16O4/c1-6(4-8(10)11)7(2)5-9(12)13-3/h6-7H,4-5H2,1-3H3,(H,10,11)/t6-,7+/m1/s1. The Kier molecular flexibility index (Phi) is 5.11. The van der Waals surface area contributed by atoms with Crippen LogP contribution >= 0.6 is 0 Å². The quantitative estimate of drug-likeness (QED) is 0.660. The molecule has 13 heavy (non-hydrogen) atoms. The molecule has 0 saturated heterocycles. The molecule has 0 aliphatic heterocycles. The third-order valence-corrected chi connectivity index (χ3v) is 2.18. The number of carboxylic acids is 1. The predicted molar refractivity (Wildman–Crippen MR) is 47.2 cm³/mol. The minimum absolute atomic E-state index is 0.00315. The van der Waals surface area contributed by atoms with E-state index < -0.39 is 5.97 Å². The Morgan fingerprint density at radius 2 is 1.69 bits per heavy atom. The molecular formula is C9H16O4. The van der Waals surface area contributed by atoms with Crippen molar-refractivity contribution in [3.8, 4) is 0 Å². The van der Waals surface area contributed by atoms with Gasteiger partial charge in [-0.2, -0.15) is 0 Å². The number of aliphatic carboxylic acids is 1. The molecule has 0 aromatic carbocycles. The predicted octanol–water partition coefficient (Wildman–Crippen LogP) is 1.30. The maximum Gasteiger partial charge on any atom is 0.305 e. The van der Waals surface area contributed by atoms with E-state index in [9.17, 15) is 9.59 Å². The second kappa shape index (κ2) is 5.56. The van der Waals surface area contributed by atoms with Crippen LogP contribution in [0, 0.1) is 11.8 Å². The first-order chi connectivity index (χ1) is 5.97.